The van der Waals surface area contributed by atoms with E-state index >= 15 is 0 Å². The van der Waals surface area contributed by atoms with Crippen LogP contribution in [-0.4, -0.2) is 41.8 Å². The van der Waals surface area contributed by atoms with Crippen molar-refractivity contribution in [3.8, 4) is 5.75 Å². The quantitative estimate of drug-likeness (QED) is 0.743. The molecule has 0 unspecified atom stereocenters. The van der Waals surface area contributed by atoms with Gasteiger partial charge in [0.05, 0.1) is 19.2 Å². The van der Waals surface area contributed by atoms with Crippen molar-refractivity contribution >= 4 is 28.7 Å². The van der Waals surface area contributed by atoms with Crippen LogP contribution >= 0.6 is 11.3 Å². The number of rotatable bonds is 5. The van der Waals surface area contributed by atoms with Crippen LogP contribution in [0.4, 0.5) is 0 Å². The molecule has 1 saturated heterocycles. The summed E-state index contributed by atoms with van der Waals surface area (Å²) in [4.78, 5) is 30.9. The molecule has 2 aromatic rings. The van der Waals surface area contributed by atoms with Gasteiger partial charge >= 0.3 is 0 Å². The van der Waals surface area contributed by atoms with E-state index in [1.807, 2.05) is 41.8 Å². The SMILES string of the molecule is COc1ccccc1CN1C(=O)C(c2cccs2)=C(N2CCCCC2)C1=O. The Morgan fingerprint density at radius 2 is 1.78 bits per heavy atom. The fraction of sp³-hybridized carbons (Fsp3) is 0.333. The van der Waals surface area contributed by atoms with Gasteiger partial charge in [-0.15, -0.1) is 11.3 Å². The lowest BCUT2D eigenvalue weighted by atomic mass is 10.1. The number of ether oxygens (including phenoxy) is 1. The predicted octanol–water partition coefficient (Wildman–Crippen LogP) is 3.52. The van der Waals surface area contributed by atoms with Gasteiger partial charge in [-0.3, -0.25) is 14.5 Å². The molecule has 0 radical (unpaired) electrons. The first kappa shape index (κ1) is 17.8. The zero-order valence-corrected chi connectivity index (χ0v) is 16.1. The summed E-state index contributed by atoms with van der Waals surface area (Å²) in [7, 11) is 1.60. The third-order valence-electron chi connectivity index (χ3n) is 5.10. The lowest BCUT2D eigenvalue weighted by Gasteiger charge is -2.29. The molecule has 0 N–H and O–H groups in total. The molecule has 1 fully saturated rings. The number of hydrogen-bond acceptors (Lipinski definition) is 5. The second kappa shape index (κ2) is 7.56. The highest BCUT2D eigenvalue weighted by atomic mass is 32.1. The first-order valence-corrected chi connectivity index (χ1v) is 10.1. The normalized spacial score (nSPS) is 17.8. The number of imide groups is 1. The summed E-state index contributed by atoms with van der Waals surface area (Å²) in [6, 6.07) is 11.3. The average Bonchev–Trinajstić information content (AvgIpc) is 3.31. The second-order valence-electron chi connectivity index (χ2n) is 6.76. The zero-order chi connectivity index (χ0) is 18.8. The largest absolute Gasteiger partial charge is 0.496 e. The van der Waals surface area contributed by atoms with Gasteiger partial charge in [-0.2, -0.15) is 0 Å². The van der Waals surface area contributed by atoms with Crippen molar-refractivity contribution in [2.45, 2.75) is 25.8 Å². The maximum absolute atomic E-state index is 13.3. The van der Waals surface area contributed by atoms with Gasteiger partial charge in [0, 0.05) is 23.5 Å². The Bertz CT molecular complexity index is 883. The van der Waals surface area contributed by atoms with Crippen molar-refractivity contribution in [1.82, 2.24) is 9.80 Å². The maximum Gasteiger partial charge on any atom is 0.278 e. The monoisotopic (exact) mass is 382 g/mol. The van der Waals surface area contributed by atoms with E-state index in [4.69, 9.17) is 4.74 Å². The van der Waals surface area contributed by atoms with Crippen LogP contribution in [0.5, 0.6) is 5.75 Å². The number of carbonyl (C=O) groups is 2. The Hall–Kier alpha value is -2.60. The number of likely N-dealkylation sites (tertiary alicyclic amines) is 1. The minimum absolute atomic E-state index is 0.198. The number of benzene rings is 1. The van der Waals surface area contributed by atoms with Crippen molar-refractivity contribution in [1.29, 1.82) is 0 Å². The zero-order valence-electron chi connectivity index (χ0n) is 15.3. The molecule has 0 bridgehead atoms. The smallest absolute Gasteiger partial charge is 0.278 e. The summed E-state index contributed by atoms with van der Waals surface area (Å²) in [5, 5.41) is 1.94. The molecule has 2 aliphatic heterocycles. The first-order chi connectivity index (χ1) is 13.2. The van der Waals surface area contributed by atoms with Gasteiger partial charge in [-0.1, -0.05) is 24.3 Å². The summed E-state index contributed by atoms with van der Waals surface area (Å²) in [6.07, 6.45) is 3.27. The van der Waals surface area contributed by atoms with E-state index in [-0.39, 0.29) is 18.4 Å². The summed E-state index contributed by atoms with van der Waals surface area (Å²) in [6.45, 7) is 1.87. The number of amides is 2. The number of piperidine rings is 1. The van der Waals surface area contributed by atoms with Gasteiger partial charge in [-0.25, -0.2) is 0 Å². The van der Waals surface area contributed by atoms with Crippen LogP contribution in [0.2, 0.25) is 0 Å². The molecule has 4 rings (SSSR count). The highest BCUT2D eigenvalue weighted by Gasteiger charge is 2.42. The molecular formula is C21H22N2O3S. The van der Waals surface area contributed by atoms with E-state index in [0.29, 0.717) is 17.0 Å². The van der Waals surface area contributed by atoms with Gasteiger partial charge < -0.3 is 9.64 Å². The summed E-state index contributed by atoms with van der Waals surface area (Å²) < 4.78 is 5.40. The van der Waals surface area contributed by atoms with Crippen LogP contribution in [0.1, 0.15) is 29.7 Å². The van der Waals surface area contributed by atoms with Crippen molar-refractivity contribution < 1.29 is 14.3 Å². The topological polar surface area (TPSA) is 49.9 Å². The van der Waals surface area contributed by atoms with Crippen LogP contribution in [0, 0.1) is 0 Å². The van der Waals surface area contributed by atoms with E-state index in [1.165, 1.54) is 22.7 Å². The lowest BCUT2D eigenvalue weighted by Crippen LogP contribution is -2.37. The van der Waals surface area contributed by atoms with Crippen molar-refractivity contribution in [3.63, 3.8) is 0 Å². The molecule has 2 aliphatic rings. The Morgan fingerprint density at radius 1 is 1.00 bits per heavy atom. The molecule has 2 amide bonds. The molecule has 0 aliphatic carbocycles. The molecular weight excluding hydrogens is 360 g/mol. The number of para-hydroxylation sites is 1. The number of carbonyl (C=O) groups excluding carboxylic acids is 2. The Morgan fingerprint density at radius 3 is 2.48 bits per heavy atom. The van der Waals surface area contributed by atoms with Crippen molar-refractivity contribution in [3.05, 3.63) is 57.9 Å². The third kappa shape index (κ3) is 3.25. The van der Waals surface area contributed by atoms with Gasteiger partial charge in [0.25, 0.3) is 11.8 Å². The first-order valence-electron chi connectivity index (χ1n) is 9.22. The van der Waals surface area contributed by atoms with Crippen molar-refractivity contribution in [2.24, 2.45) is 0 Å². The minimum Gasteiger partial charge on any atom is -0.496 e. The standard InChI is InChI=1S/C21H22N2O3S/c1-26-16-9-4-3-8-15(16)14-23-20(24)18(17-10-7-13-27-17)19(21(23)25)22-11-5-2-6-12-22/h3-4,7-10,13H,2,5-6,11-12,14H2,1H3. The number of hydrogen-bond donors (Lipinski definition) is 0. The van der Waals surface area contributed by atoms with Crippen molar-refractivity contribution in [2.75, 3.05) is 20.2 Å². The molecule has 0 spiro atoms. The molecule has 5 nitrogen and oxygen atoms in total. The Labute approximate surface area is 162 Å². The predicted molar refractivity (Wildman–Crippen MR) is 105 cm³/mol. The van der Waals surface area contributed by atoms with Crippen LogP contribution in [0.3, 0.4) is 0 Å². The third-order valence-corrected chi connectivity index (χ3v) is 5.99. The van der Waals surface area contributed by atoms with Gasteiger partial charge in [0.1, 0.15) is 11.4 Å². The number of thiophene rings is 1. The number of methoxy groups -OCH3 is 1. The van der Waals surface area contributed by atoms with Gasteiger partial charge in [0.2, 0.25) is 0 Å². The Kier molecular flexibility index (Phi) is 4.99. The molecule has 27 heavy (non-hydrogen) atoms. The number of nitrogens with zero attached hydrogens (tertiary/aromatic N) is 2. The second-order valence-corrected chi connectivity index (χ2v) is 7.70. The van der Waals surface area contributed by atoms with Crippen LogP contribution in [0.25, 0.3) is 5.57 Å². The average molecular weight is 382 g/mol. The molecule has 0 atom stereocenters. The molecule has 6 heteroatoms. The lowest BCUT2D eigenvalue weighted by molar-refractivity contribution is -0.138. The van der Waals surface area contributed by atoms with Gasteiger partial charge in [0.15, 0.2) is 0 Å². The fourth-order valence-corrected chi connectivity index (χ4v) is 4.53. The van der Waals surface area contributed by atoms with Crippen LogP contribution in [0.15, 0.2) is 47.5 Å². The van der Waals surface area contributed by atoms with Crippen LogP contribution < -0.4 is 4.74 Å². The minimum atomic E-state index is -0.214. The molecule has 1 aromatic heterocycles. The molecule has 0 saturated carbocycles. The van der Waals surface area contributed by atoms with E-state index in [9.17, 15) is 9.59 Å². The highest BCUT2D eigenvalue weighted by Crippen LogP contribution is 2.36. The van der Waals surface area contributed by atoms with E-state index in [0.717, 1.165) is 36.4 Å². The van der Waals surface area contributed by atoms with Crippen LogP contribution in [-0.2, 0) is 16.1 Å². The highest BCUT2D eigenvalue weighted by molar-refractivity contribution is 7.11. The summed E-state index contributed by atoms with van der Waals surface area (Å²) >= 11 is 1.50. The molecule has 1 aromatic carbocycles. The Balaban J connectivity index is 1.71. The maximum atomic E-state index is 13.3. The van der Waals surface area contributed by atoms with E-state index < -0.39 is 0 Å². The van der Waals surface area contributed by atoms with E-state index in [2.05, 4.69) is 4.90 Å². The van der Waals surface area contributed by atoms with E-state index in [1.54, 1.807) is 7.11 Å². The summed E-state index contributed by atoms with van der Waals surface area (Å²) in [5.74, 6) is 0.271. The van der Waals surface area contributed by atoms with Gasteiger partial charge in [-0.05, 0) is 36.8 Å². The molecule has 140 valence electrons. The molecule has 3 heterocycles. The fourth-order valence-electron chi connectivity index (χ4n) is 3.76. The summed E-state index contributed by atoms with van der Waals surface area (Å²) in [5.41, 5.74) is 1.94.